The second-order valence-corrected chi connectivity index (χ2v) is 5.81. The summed E-state index contributed by atoms with van der Waals surface area (Å²) in [5, 5.41) is 0. The Balaban J connectivity index is 2.48. The van der Waals surface area contributed by atoms with E-state index in [-0.39, 0.29) is 5.41 Å². The lowest BCUT2D eigenvalue weighted by molar-refractivity contribution is 0.402. The van der Waals surface area contributed by atoms with Crippen molar-refractivity contribution in [1.29, 1.82) is 0 Å². The summed E-state index contributed by atoms with van der Waals surface area (Å²) in [5.74, 6) is 1.19. The van der Waals surface area contributed by atoms with Gasteiger partial charge in [-0.2, -0.15) is 0 Å². The molecule has 2 rings (SSSR count). The van der Waals surface area contributed by atoms with Crippen LogP contribution >= 0.6 is 0 Å². The van der Waals surface area contributed by atoms with Crippen LogP contribution in [0.3, 0.4) is 0 Å². The van der Waals surface area contributed by atoms with E-state index in [1.807, 2.05) is 30.6 Å². The number of rotatable bonds is 4. The van der Waals surface area contributed by atoms with Crippen molar-refractivity contribution in [3.8, 4) is 5.75 Å². The third-order valence-corrected chi connectivity index (χ3v) is 3.68. The summed E-state index contributed by atoms with van der Waals surface area (Å²) in [6, 6.07) is 8.07. The van der Waals surface area contributed by atoms with E-state index >= 15 is 0 Å². The Hall–Kier alpha value is -1.90. The van der Waals surface area contributed by atoms with Gasteiger partial charge in [-0.3, -0.25) is 9.97 Å². The molecule has 0 bridgehead atoms. The van der Waals surface area contributed by atoms with Crippen molar-refractivity contribution in [2.45, 2.75) is 39.0 Å². The fraction of sp³-hybridized carbons (Fsp3) is 0.412. The highest BCUT2D eigenvalue weighted by Crippen LogP contribution is 2.34. The second kappa shape index (κ2) is 5.61. The van der Waals surface area contributed by atoms with Gasteiger partial charge in [-0.1, -0.05) is 33.8 Å². The number of hydrogen-bond donors (Lipinski definition) is 0. The van der Waals surface area contributed by atoms with Crippen LogP contribution in [0.1, 0.15) is 50.6 Å². The first-order valence-corrected chi connectivity index (χ1v) is 6.92. The molecule has 3 nitrogen and oxygen atoms in total. The van der Waals surface area contributed by atoms with E-state index < -0.39 is 0 Å². The minimum absolute atomic E-state index is 0.197. The number of nitrogens with zero attached hydrogens (tertiary/aromatic N) is 2. The van der Waals surface area contributed by atoms with Crippen LogP contribution in [0.5, 0.6) is 5.75 Å². The van der Waals surface area contributed by atoms with E-state index in [0.29, 0.717) is 5.92 Å². The summed E-state index contributed by atoms with van der Waals surface area (Å²) in [6.45, 7) is 8.55. The molecule has 0 saturated carbocycles. The summed E-state index contributed by atoms with van der Waals surface area (Å²) in [4.78, 5) is 9.06. The van der Waals surface area contributed by atoms with Crippen LogP contribution in [0, 0.1) is 0 Å². The SMILES string of the molecule is COc1cc(C(C)(C)c2ccccn2)cnc1C(C)C. The van der Waals surface area contributed by atoms with Crippen molar-refractivity contribution in [3.05, 3.63) is 53.6 Å². The van der Waals surface area contributed by atoms with E-state index in [9.17, 15) is 0 Å². The maximum absolute atomic E-state index is 5.50. The fourth-order valence-electron chi connectivity index (χ4n) is 2.27. The quantitative estimate of drug-likeness (QED) is 0.844. The zero-order valence-electron chi connectivity index (χ0n) is 12.8. The summed E-state index contributed by atoms with van der Waals surface area (Å²) in [7, 11) is 1.69. The standard InChI is InChI=1S/C17H22N2O/c1-12(2)16-14(20-5)10-13(11-19-16)17(3,4)15-8-6-7-9-18-15/h6-12H,1-5H3. The smallest absolute Gasteiger partial charge is 0.140 e. The molecular formula is C17H22N2O. The van der Waals surface area contributed by atoms with Gasteiger partial charge in [0.25, 0.3) is 0 Å². The molecule has 0 aliphatic rings. The van der Waals surface area contributed by atoms with E-state index in [1.54, 1.807) is 7.11 Å². The average molecular weight is 270 g/mol. The van der Waals surface area contributed by atoms with Gasteiger partial charge in [0.15, 0.2) is 0 Å². The lowest BCUT2D eigenvalue weighted by atomic mass is 9.81. The summed E-state index contributed by atoms with van der Waals surface area (Å²) >= 11 is 0. The highest BCUT2D eigenvalue weighted by Gasteiger charge is 2.26. The summed E-state index contributed by atoms with van der Waals surface area (Å²) in [5.41, 5.74) is 2.93. The predicted octanol–water partition coefficient (Wildman–Crippen LogP) is 3.93. The van der Waals surface area contributed by atoms with Gasteiger partial charge in [0, 0.05) is 17.8 Å². The zero-order valence-corrected chi connectivity index (χ0v) is 12.8. The molecule has 0 spiro atoms. The molecule has 0 aromatic carbocycles. The third kappa shape index (κ3) is 2.67. The molecule has 20 heavy (non-hydrogen) atoms. The van der Waals surface area contributed by atoms with Gasteiger partial charge in [-0.05, 0) is 29.7 Å². The van der Waals surface area contributed by atoms with Crippen molar-refractivity contribution in [1.82, 2.24) is 9.97 Å². The van der Waals surface area contributed by atoms with Crippen molar-refractivity contribution >= 4 is 0 Å². The lowest BCUT2D eigenvalue weighted by Gasteiger charge is -2.25. The molecule has 0 saturated heterocycles. The van der Waals surface area contributed by atoms with E-state index in [1.165, 1.54) is 0 Å². The number of pyridine rings is 2. The first-order chi connectivity index (χ1) is 9.46. The van der Waals surface area contributed by atoms with Crippen LogP contribution in [-0.2, 0) is 5.41 Å². The molecule has 0 fully saturated rings. The fourth-order valence-corrected chi connectivity index (χ4v) is 2.27. The molecule has 0 radical (unpaired) electrons. The van der Waals surface area contributed by atoms with Gasteiger partial charge in [0.05, 0.1) is 18.5 Å². The topological polar surface area (TPSA) is 35.0 Å². The Labute approximate surface area is 121 Å². The molecule has 0 aliphatic carbocycles. The first-order valence-electron chi connectivity index (χ1n) is 6.92. The Morgan fingerprint density at radius 3 is 2.45 bits per heavy atom. The van der Waals surface area contributed by atoms with Crippen LogP contribution in [-0.4, -0.2) is 17.1 Å². The number of ether oxygens (including phenoxy) is 1. The van der Waals surface area contributed by atoms with Crippen molar-refractivity contribution < 1.29 is 4.74 Å². The number of hydrogen-bond acceptors (Lipinski definition) is 3. The minimum atomic E-state index is -0.197. The molecule has 2 aromatic rings. The number of methoxy groups -OCH3 is 1. The largest absolute Gasteiger partial charge is 0.495 e. The van der Waals surface area contributed by atoms with Crippen molar-refractivity contribution in [2.75, 3.05) is 7.11 Å². The van der Waals surface area contributed by atoms with Crippen LogP contribution in [0.2, 0.25) is 0 Å². The molecule has 3 heteroatoms. The Morgan fingerprint density at radius 1 is 1.15 bits per heavy atom. The second-order valence-electron chi connectivity index (χ2n) is 5.81. The molecule has 2 heterocycles. The third-order valence-electron chi connectivity index (χ3n) is 3.68. The van der Waals surface area contributed by atoms with Crippen LogP contribution in [0.4, 0.5) is 0 Å². The van der Waals surface area contributed by atoms with Crippen molar-refractivity contribution in [2.24, 2.45) is 0 Å². The molecule has 2 aromatic heterocycles. The Bertz CT molecular complexity index is 577. The van der Waals surface area contributed by atoms with Crippen molar-refractivity contribution in [3.63, 3.8) is 0 Å². The monoisotopic (exact) mass is 270 g/mol. The van der Waals surface area contributed by atoms with Crippen LogP contribution < -0.4 is 4.74 Å². The zero-order chi connectivity index (χ0) is 14.8. The Morgan fingerprint density at radius 2 is 1.90 bits per heavy atom. The molecule has 0 amide bonds. The summed E-state index contributed by atoms with van der Waals surface area (Å²) in [6.07, 6.45) is 3.76. The van der Waals surface area contributed by atoms with Gasteiger partial charge < -0.3 is 4.74 Å². The Kier molecular flexibility index (Phi) is 4.07. The van der Waals surface area contributed by atoms with E-state index in [4.69, 9.17) is 4.74 Å². The maximum Gasteiger partial charge on any atom is 0.140 e. The van der Waals surface area contributed by atoms with Gasteiger partial charge in [-0.25, -0.2) is 0 Å². The molecule has 0 aliphatic heterocycles. The minimum Gasteiger partial charge on any atom is -0.495 e. The lowest BCUT2D eigenvalue weighted by Crippen LogP contribution is -2.21. The van der Waals surface area contributed by atoms with Gasteiger partial charge >= 0.3 is 0 Å². The predicted molar refractivity (Wildman–Crippen MR) is 81.2 cm³/mol. The molecular weight excluding hydrogens is 248 g/mol. The van der Waals surface area contributed by atoms with Gasteiger partial charge in [-0.15, -0.1) is 0 Å². The first kappa shape index (κ1) is 14.5. The summed E-state index contributed by atoms with van der Waals surface area (Å²) < 4.78 is 5.50. The normalized spacial score (nSPS) is 11.7. The number of aromatic nitrogens is 2. The van der Waals surface area contributed by atoms with Crippen LogP contribution in [0.15, 0.2) is 36.7 Å². The molecule has 106 valence electrons. The van der Waals surface area contributed by atoms with E-state index in [2.05, 4.69) is 43.7 Å². The van der Waals surface area contributed by atoms with Gasteiger partial charge in [0.2, 0.25) is 0 Å². The molecule has 0 unspecified atom stereocenters. The van der Waals surface area contributed by atoms with Gasteiger partial charge in [0.1, 0.15) is 5.75 Å². The maximum atomic E-state index is 5.50. The van der Waals surface area contributed by atoms with Crippen LogP contribution in [0.25, 0.3) is 0 Å². The highest BCUT2D eigenvalue weighted by molar-refractivity contribution is 5.40. The molecule has 0 atom stereocenters. The highest BCUT2D eigenvalue weighted by atomic mass is 16.5. The van der Waals surface area contributed by atoms with E-state index in [0.717, 1.165) is 22.7 Å². The average Bonchev–Trinajstić information content (AvgIpc) is 2.47. The molecule has 0 N–H and O–H groups in total.